The van der Waals surface area contributed by atoms with Crippen molar-refractivity contribution in [2.75, 3.05) is 19.6 Å². The van der Waals surface area contributed by atoms with Crippen LogP contribution in [0.1, 0.15) is 20.3 Å². The van der Waals surface area contributed by atoms with Crippen molar-refractivity contribution in [1.29, 1.82) is 0 Å². The van der Waals surface area contributed by atoms with Gasteiger partial charge in [0.15, 0.2) is 0 Å². The van der Waals surface area contributed by atoms with Crippen LogP contribution in [0.2, 0.25) is 0 Å². The first-order valence-corrected chi connectivity index (χ1v) is 5.95. The van der Waals surface area contributed by atoms with Gasteiger partial charge in [-0.2, -0.15) is 0 Å². The maximum atomic E-state index is 12.1. The molecule has 0 aliphatic carbocycles. The first-order valence-electron chi connectivity index (χ1n) is 5.95. The van der Waals surface area contributed by atoms with E-state index in [9.17, 15) is 4.79 Å². The van der Waals surface area contributed by atoms with E-state index in [-0.39, 0.29) is 11.4 Å². The summed E-state index contributed by atoms with van der Waals surface area (Å²) < 4.78 is 1.69. The largest absolute Gasteiger partial charge is 0.335 e. The molecule has 94 valence electrons. The number of aromatic nitrogens is 3. The van der Waals surface area contributed by atoms with E-state index in [1.54, 1.807) is 17.1 Å². The highest BCUT2D eigenvalue weighted by Crippen LogP contribution is 2.17. The van der Waals surface area contributed by atoms with Gasteiger partial charge in [0.05, 0.1) is 12.7 Å². The van der Waals surface area contributed by atoms with Crippen LogP contribution in [-0.2, 0) is 11.3 Å². The van der Waals surface area contributed by atoms with Crippen LogP contribution >= 0.6 is 0 Å². The van der Waals surface area contributed by atoms with E-state index >= 15 is 0 Å². The van der Waals surface area contributed by atoms with E-state index in [0.29, 0.717) is 13.0 Å². The highest BCUT2D eigenvalue weighted by molar-refractivity contribution is 5.77. The third kappa shape index (κ3) is 2.82. The molecule has 1 fully saturated rings. The van der Waals surface area contributed by atoms with Gasteiger partial charge in [-0.15, -0.1) is 5.10 Å². The summed E-state index contributed by atoms with van der Waals surface area (Å²) in [4.78, 5) is 14.1. The third-order valence-electron chi connectivity index (χ3n) is 3.13. The van der Waals surface area contributed by atoms with Crippen LogP contribution in [-0.4, -0.2) is 51.0 Å². The molecule has 0 unspecified atom stereocenters. The Morgan fingerprint density at radius 2 is 2.35 bits per heavy atom. The predicted molar refractivity (Wildman–Crippen MR) is 63.3 cm³/mol. The van der Waals surface area contributed by atoms with Gasteiger partial charge < -0.3 is 10.2 Å². The van der Waals surface area contributed by atoms with Gasteiger partial charge in [0.2, 0.25) is 5.91 Å². The van der Waals surface area contributed by atoms with Crippen LogP contribution in [0.3, 0.4) is 0 Å². The van der Waals surface area contributed by atoms with Crippen molar-refractivity contribution in [3.05, 3.63) is 12.4 Å². The molecule has 0 bridgehead atoms. The standard InChI is InChI=1S/C11H19N5O/c1-11(2)9-12-4-8-16(11)10(17)3-6-15-7-5-13-14-15/h5,7,12H,3-4,6,8-9H2,1-2H3. The molecule has 2 rings (SSSR count). The molecule has 6 heteroatoms. The van der Waals surface area contributed by atoms with Gasteiger partial charge in [-0.1, -0.05) is 5.21 Å². The molecule has 2 heterocycles. The summed E-state index contributed by atoms with van der Waals surface area (Å²) in [6.45, 7) is 7.28. The molecule has 1 N–H and O–H groups in total. The van der Waals surface area contributed by atoms with Gasteiger partial charge in [0, 0.05) is 37.8 Å². The average molecular weight is 237 g/mol. The summed E-state index contributed by atoms with van der Waals surface area (Å²) in [5.41, 5.74) is -0.0995. The van der Waals surface area contributed by atoms with Gasteiger partial charge in [-0.25, -0.2) is 0 Å². The lowest BCUT2D eigenvalue weighted by Crippen LogP contribution is -2.59. The van der Waals surface area contributed by atoms with E-state index in [1.165, 1.54) is 0 Å². The fourth-order valence-corrected chi connectivity index (χ4v) is 2.14. The highest BCUT2D eigenvalue weighted by atomic mass is 16.2. The molecule has 1 aliphatic heterocycles. The van der Waals surface area contributed by atoms with Gasteiger partial charge in [0.25, 0.3) is 0 Å². The maximum absolute atomic E-state index is 12.1. The fourth-order valence-electron chi connectivity index (χ4n) is 2.14. The zero-order chi connectivity index (χ0) is 12.3. The Morgan fingerprint density at radius 1 is 1.53 bits per heavy atom. The Balaban J connectivity index is 1.90. The van der Waals surface area contributed by atoms with Crippen molar-refractivity contribution in [3.63, 3.8) is 0 Å². The summed E-state index contributed by atoms with van der Waals surface area (Å²) in [5.74, 6) is 0.187. The minimum Gasteiger partial charge on any atom is -0.335 e. The smallest absolute Gasteiger partial charge is 0.224 e. The summed E-state index contributed by atoms with van der Waals surface area (Å²) in [7, 11) is 0. The number of piperazine rings is 1. The van der Waals surface area contributed by atoms with Gasteiger partial charge in [-0.3, -0.25) is 9.48 Å². The summed E-state index contributed by atoms with van der Waals surface area (Å²) >= 11 is 0. The molecule has 1 saturated heterocycles. The van der Waals surface area contributed by atoms with Crippen molar-refractivity contribution in [2.24, 2.45) is 0 Å². The Labute approximate surface area is 101 Å². The molecule has 17 heavy (non-hydrogen) atoms. The zero-order valence-corrected chi connectivity index (χ0v) is 10.4. The van der Waals surface area contributed by atoms with Crippen molar-refractivity contribution in [2.45, 2.75) is 32.4 Å². The number of carbonyl (C=O) groups is 1. The number of aryl methyl sites for hydroxylation is 1. The molecule has 1 aliphatic rings. The molecule has 0 spiro atoms. The minimum absolute atomic E-state index is 0.0995. The molecule has 0 saturated carbocycles. The van der Waals surface area contributed by atoms with E-state index in [1.807, 2.05) is 4.90 Å². The molecule has 1 aromatic heterocycles. The molecular weight excluding hydrogens is 218 g/mol. The Bertz CT molecular complexity index is 373. The van der Waals surface area contributed by atoms with Crippen molar-refractivity contribution in [1.82, 2.24) is 25.2 Å². The lowest BCUT2D eigenvalue weighted by Gasteiger charge is -2.42. The van der Waals surface area contributed by atoms with Crippen LogP contribution < -0.4 is 5.32 Å². The van der Waals surface area contributed by atoms with Crippen molar-refractivity contribution >= 4 is 5.91 Å². The molecule has 0 aromatic carbocycles. The lowest BCUT2D eigenvalue weighted by atomic mass is 9.99. The molecule has 6 nitrogen and oxygen atoms in total. The first kappa shape index (κ1) is 12.0. The first-order chi connectivity index (χ1) is 8.09. The van der Waals surface area contributed by atoms with Crippen molar-refractivity contribution < 1.29 is 4.79 Å². The Kier molecular flexibility index (Phi) is 3.42. The average Bonchev–Trinajstić information content (AvgIpc) is 2.78. The molecule has 0 radical (unpaired) electrons. The quantitative estimate of drug-likeness (QED) is 0.796. The molecule has 1 aromatic rings. The number of hydrogen-bond donors (Lipinski definition) is 1. The fraction of sp³-hybridized carbons (Fsp3) is 0.727. The minimum atomic E-state index is -0.0995. The van der Waals surface area contributed by atoms with E-state index in [2.05, 4.69) is 29.5 Å². The number of rotatable bonds is 3. The SMILES string of the molecule is CC1(C)CNCCN1C(=O)CCn1ccnn1. The van der Waals surface area contributed by atoms with Crippen LogP contribution in [0, 0.1) is 0 Å². The van der Waals surface area contributed by atoms with Crippen LogP contribution in [0.25, 0.3) is 0 Å². The second kappa shape index (κ2) is 4.83. The van der Waals surface area contributed by atoms with Gasteiger partial charge >= 0.3 is 0 Å². The highest BCUT2D eigenvalue weighted by Gasteiger charge is 2.32. The Morgan fingerprint density at radius 3 is 3.00 bits per heavy atom. The predicted octanol–water partition coefficient (Wildman–Crippen LogP) is -0.121. The number of nitrogens with one attached hydrogen (secondary N) is 1. The topological polar surface area (TPSA) is 63.1 Å². The second-order valence-corrected chi connectivity index (χ2v) is 4.95. The van der Waals surface area contributed by atoms with E-state index < -0.39 is 0 Å². The third-order valence-corrected chi connectivity index (χ3v) is 3.13. The summed E-state index contributed by atoms with van der Waals surface area (Å²) in [6.07, 6.45) is 3.88. The van der Waals surface area contributed by atoms with E-state index in [4.69, 9.17) is 0 Å². The second-order valence-electron chi connectivity index (χ2n) is 4.95. The van der Waals surface area contributed by atoms with Crippen molar-refractivity contribution in [3.8, 4) is 0 Å². The zero-order valence-electron chi connectivity index (χ0n) is 10.4. The molecular formula is C11H19N5O. The van der Waals surface area contributed by atoms with Crippen LogP contribution in [0.5, 0.6) is 0 Å². The van der Waals surface area contributed by atoms with Gasteiger partial charge in [-0.05, 0) is 13.8 Å². The lowest BCUT2D eigenvalue weighted by molar-refractivity contribution is -0.138. The Hall–Kier alpha value is -1.43. The summed E-state index contributed by atoms with van der Waals surface area (Å²) in [5, 5.41) is 10.9. The number of carbonyl (C=O) groups excluding carboxylic acids is 1. The number of hydrogen-bond acceptors (Lipinski definition) is 4. The van der Waals surface area contributed by atoms with E-state index in [0.717, 1.165) is 19.6 Å². The maximum Gasteiger partial charge on any atom is 0.224 e. The summed E-state index contributed by atoms with van der Waals surface area (Å²) in [6, 6.07) is 0. The van der Waals surface area contributed by atoms with Gasteiger partial charge in [0.1, 0.15) is 0 Å². The molecule has 1 amide bonds. The molecule has 0 atom stereocenters. The van der Waals surface area contributed by atoms with Crippen LogP contribution in [0.15, 0.2) is 12.4 Å². The van der Waals surface area contributed by atoms with Crippen LogP contribution in [0.4, 0.5) is 0 Å². The number of amides is 1. The number of nitrogens with zero attached hydrogens (tertiary/aromatic N) is 4. The normalized spacial score (nSPS) is 19.3. The monoisotopic (exact) mass is 237 g/mol.